The minimum Gasteiger partial charge on any atom is -0.497 e. The van der Waals surface area contributed by atoms with Gasteiger partial charge in [-0.15, -0.1) is 13.2 Å². The molecule has 0 saturated carbocycles. The number of ether oxygens (including phenoxy) is 2. The summed E-state index contributed by atoms with van der Waals surface area (Å²) in [6.45, 7) is 8.43. The molecule has 0 unspecified atom stereocenters. The van der Waals surface area contributed by atoms with Gasteiger partial charge in [-0.25, -0.2) is 0 Å². The fraction of sp³-hybridized carbons (Fsp3) is 0.312. The Morgan fingerprint density at radius 1 is 1.24 bits per heavy atom. The number of carbonyl (C=O) groups excluding carboxylic acids is 1. The number of hydrogen-bond donors (Lipinski definition) is 1. The molecule has 0 aliphatic heterocycles. The number of nitrogens with zero attached hydrogens (tertiary/aromatic N) is 1. The molecule has 1 aromatic rings. The minimum atomic E-state index is -0.0420. The summed E-state index contributed by atoms with van der Waals surface area (Å²) in [5.41, 5.74) is 0.711. The van der Waals surface area contributed by atoms with Gasteiger partial charge in [-0.3, -0.25) is 4.79 Å². The molecule has 0 aromatic heterocycles. The van der Waals surface area contributed by atoms with E-state index < -0.39 is 0 Å². The summed E-state index contributed by atoms with van der Waals surface area (Å²) >= 11 is 0. The van der Waals surface area contributed by atoms with E-state index in [4.69, 9.17) is 9.47 Å². The second kappa shape index (κ2) is 8.68. The minimum absolute atomic E-state index is 0.0420. The molecule has 0 aliphatic carbocycles. The second-order valence-corrected chi connectivity index (χ2v) is 4.30. The highest BCUT2D eigenvalue weighted by molar-refractivity contribution is 5.82. The molecule has 0 heterocycles. The third kappa shape index (κ3) is 4.87. The smallest absolute Gasteiger partial charge is 0.242 e. The predicted octanol–water partition coefficient (Wildman–Crippen LogP) is 2.32. The first-order chi connectivity index (χ1) is 10.2. The monoisotopic (exact) mass is 290 g/mol. The quantitative estimate of drug-likeness (QED) is 0.709. The average molecular weight is 290 g/mol. The van der Waals surface area contributed by atoms with Gasteiger partial charge in [-0.2, -0.15) is 0 Å². The normalized spacial score (nSPS) is 9.62. The summed E-state index contributed by atoms with van der Waals surface area (Å²) in [5, 5.41) is 3.07. The molecule has 1 amide bonds. The highest BCUT2D eigenvalue weighted by Gasteiger charge is 2.12. The van der Waals surface area contributed by atoms with Gasteiger partial charge in [-0.1, -0.05) is 12.2 Å². The zero-order valence-corrected chi connectivity index (χ0v) is 12.6. The Morgan fingerprint density at radius 2 is 1.90 bits per heavy atom. The first kappa shape index (κ1) is 16.6. The molecule has 21 heavy (non-hydrogen) atoms. The van der Waals surface area contributed by atoms with Crippen molar-refractivity contribution in [3.8, 4) is 11.5 Å². The van der Waals surface area contributed by atoms with E-state index in [9.17, 15) is 4.79 Å². The Balaban J connectivity index is 2.74. The van der Waals surface area contributed by atoms with E-state index >= 15 is 0 Å². The van der Waals surface area contributed by atoms with Crippen LogP contribution in [-0.2, 0) is 4.79 Å². The number of amides is 1. The van der Waals surface area contributed by atoms with E-state index in [2.05, 4.69) is 18.5 Å². The van der Waals surface area contributed by atoms with Gasteiger partial charge in [0.15, 0.2) is 0 Å². The van der Waals surface area contributed by atoms with Crippen molar-refractivity contribution < 1.29 is 14.3 Å². The van der Waals surface area contributed by atoms with Gasteiger partial charge in [0, 0.05) is 19.2 Å². The number of anilines is 1. The van der Waals surface area contributed by atoms with Crippen LogP contribution in [0.25, 0.3) is 0 Å². The standard InChI is InChI=1S/C16H22N2O3/c1-5-9-18(10-6-2)16(19)12-17-14-11-13(20-3)7-8-15(14)21-4/h5-8,11,17H,1-2,9-10,12H2,3-4H3. The van der Waals surface area contributed by atoms with Gasteiger partial charge in [-0.05, 0) is 12.1 Å². The maximum Gasteiger partial charge on any atom is 0.242 e. The van der Waals surface area contributed by atoms with Crippen molar-refractivity contribution in [1.82, 2.24) is 4.90 Å². The Kier molecular flexibility index (Phi) is 6.87. The van der Waals surface area contributed by atoms with Crippen molar-refractivity contribution in [3.05, 3.63) is 43.5 Å². The summed E-state index contributed by atoms with van der Waals surface area (Å²) in [5.74, 6) is 1.31. The molecule has 0 aliphatic rings. The molecule has 114 valence electrons. The van der Waals surface area contributed by atoms with Gasteiger partial charge in [0.25, 0.3) is 0 Å². The van der Waals surface area contributed by atoms with Crippen LogP contribution in [0.15, 0.2) is 43.5 Å². The van der Waals surface area contributed by atoms with Crippen LogP contribution in [0.4, 0.5) is 5.69 Å². The zero-order valence-electron chi connectivity index (χ0n) is 12.6. The van der Waals surface area contributed by atoms with Crippen molar-refractivity contribution in [2.24, 2.45) is 0 Å². The maximum atomic E-state index is 12.1. The largest absolute Gasteiger partial charge is 0.497 e. The highest BCUT2D eigenvalue weighted by Crippen LogP contribution is 2.28. The van der Waals surface area contributed by atoms with Gasteiger partial charge < -0.3 is 19.7 Å². The first-order valence-electron chi connectivity index (χ1n) is 6.61. The molecule has 1 rings (SSSR count). The van der Waals surface area contributed by atoms with Gasteiger partial charge in [0.2, 0.25) is 5.91 Å². The molecule has 0 fully saturated rings. The Labute approximate surface area is 125 Å². The van der Waals surface area contributed by atoms with E-state index in [1.54, 1.807) is 49.5 Å². The number of methoxy groups -OCH3 is 2. The number of nitrogens with one attached hydrogen (secondary N) is 1. The average Bonchev–Trinajstić information content (AvgIpc) is 2.52. The molecule has 0 saturated heterocycles. The molecule has 5 heteroatoms. The predicted molar refractivity (Wildman–Crippen MR) is 85.0 cm³/mol. The lowest BCUT2D eigenvalue weighted by Crippen LogP contribution is -2.35. The van der Waals surface area contributed by atoms with Crippen LogP contribution in [0, 0.1) is 0 Å². The Hall–Kier alpha value is -2.43. The van der Waals surface area contributed by atoms with Crippen molar-refractivity contribution in [2.45, 2.75) is 0 Å². The maximum absolute atomic E-state index is 12.1. The fourth-order valence-corrected chi connectivity index (χ4v) is 1.82. The summed E-state index contributed by atoms with van der Waals surface area (Å²) in [6, 6.07) is 5.38. The van der Waals surface area contributed by atoms with E-state index in [-0.39, 0.29) is 12.5 Å². The summed E-state index contributed by atoms with van der Waals surface area (Å²) in [7, 11) is 3.17. The molecule has 0 atom stereocenters. The third-order valence-electron chi connectivity index (χ3n) is 2.89. The summed E-state index contributed by atoms with van der Waals surface area (Å²) < 4.78 is 10.4. The molecule has 0 spiro atoms. The van der Waals surface area contributed by atoms with Crippen molar-refractivity contribution >= 4 is 11.6 Å². The van der Waals surface area contributed by atoms with Gasteiger partial charge in [0.05, 0.1) is 26.5 Å². The second-order valence-electron chi connectivity index (χ2n) is 4.30. The summed E-state index contributed by atoms with van der Waals surface area (Å²) in [6.07, 6.45) is 3.38. The molecule has 1 aromatic carbocycles. The van der Waals surface area contributed by atoms with Crippen molar-refractivity contribution in [3.63, 3.8) is 0 Å². The number of rotatable bonds is 9. The number of carbonyl (C=O) groups is 1. The lowest BCUT2D eigenvalue weighted by molar-refractivity contribution is -0.128. The van der Waals surface area contributed by atoms with Crippen LogP contribution < -0.4 is 14.8 Å². The fourth-order valence-electron chi connectivity index (χ4n) is 1.82. The third-order valence-corrected chi connectivity index (χ3v) is 2.89. The number of hydrogen-bond acceptors (Lipinski definition) is 4. The Morgan fingerprint density at radius 3 is 2.43 bits per heavy atom. The van der Waals surface area contributed by atoms with Crippen LogP contribution in [-0.4, -0.2) is 44.7 Å². The van der Waals surface area contributed by atoms with E-state index in [1.807, 2.05) is 0 Å². The van der Waals surface area contributed by atoms with E-state index in [0.29, 0.717) is 30.3 Å². The number of benzene rings is 1. The molecule has 0 bridgehead atoms. The van der Waals surface area contributed by atoms with Crippen molar-refractivity contribution in [1.29, 1.82) is 0 Å². The molecule has 5 nitrogen and oxygen atoms in total. The first-order valence-corrected chi connectivity index (χ1v) is 6.61. The summed E-state index contributed by atoms with van der Waals surface area (Å²) in [4.78, 5) is 13.8. The highest BCUT2D eigenvalue weighted by atomic mass is 16.5. The van der Waals surface area contributed by atoms with E-state index in [0.717, 1.165) is 0 Å². The van der Waals surface area contributed by atoms with Crippen LogP contribution >= 0.6 is 0 Å². The molecule has 1 N–H and O–H groups in total. The van der Waals surface area contributed by atoms with Crippen LogP contribution in [0.3, 0.4) is 0 Å². The Bertz CT molecular complexity index is 490. The van der Waals surface area contributed by atoms with Gasteiger partial charge in [0.1, 0.15) is 11.5 Å². The molecule has 0 radical (unpaired) electrons. The lowest BCUT2D eigenvalue weighted by Gasteiger charge is -2.20. The SMILES string of the molecule is C=CCN(CC=C)C(=O)CNc1cc(OC)ccc1OC. The van der Waals surface area contributed by atoms with Crippen LogP contribution in [0.1, 0.15) is 0 Å². The van der Waals surface area contributed by atoms with E-state index in [1.165, 1.54) is 0 Å². The topological polar surface area (TPSA) is 50.8 Å². The van der Waals surface area contributed by atoms with Crippen molar-refractivity contribution in [2.75, 3.05) is 39.2 Å². The van der Waals surface area contributed by atoms with Crippen LogP contribution in [0.2, 0.25) is 0 Å². The van der Waals surface area contributed by atoms with Crippen LogP contribution in [0.5, 0.6) is 11.5 Å². The lowest BCUT2D eigenvalue weighted by atomic mass is 10.2. The van der Waals surface area contributed by atoms with Gasteiger partial charge >= 0.3 is 0 Å². The zero-order chi connectivity index (χ0) is 15.7. The molecular formula is C16H22N2O3. The molecular weight excluding hydrogens is 268 g/mol.